The predicted molar refractivity (Wildman–Crippen MR) is 122 cm³/mol. The molecule has 0 saturated carbocycles. The SMILES string of the molecule is CC(C)C(C(=O)Nc1ccc(SCc2cccnc2)cc1)n1cnc2cc(F)c(F)cc21. The molecular weight excluding hydrogens is 430 g/mol. The Labute approximate surface area is 188 Å². The molecular formula is C24H22F2N4OS. The van der Waals surface area contributed by atoms with E-state index in [4.69, 9.17) is 0 Å². The van der Waals surface area contributed by atoms with Gasteiger partial charge >= 0.3 is 0 Å². The molecule has 4 rings (SSSR count). The summed E-state index contributed by atoms with van der Waals surface area (Å²) in [5, 5.41) is 2.93. The van der Waals surface area contributed by atoms with Crippen molar-refractivity contribution in [2.75, 3.05) is 5.32 Å². The van der Waals surface area contributed by atoms with Crippen LogP contribution in [0.4, 0.5) is 14.5 Å². The molecule has 1 unspecified atom stereocenters. The monoisotopic (exact) mass is 452 g/mol. The maximum atomic E-state index is 13.8. The third-order valence-corrected chi connectivity index (χ3v) is 6.15. The number of carbonyl (C=O) groups excluding carboxylic acids is 1. The second kappa shape index (κ2) is 9.48. The molecule has 2 heterocycles. The zero-order chi connectivity index (χ0) is 22.7. The Kier molecular flexibility index (Phi) is 6.50. The number of anilines is 1. The lowest BCUT2D eigenvalue weighted by Crippen LogP contribution is -2.29. The molecule has 0 fully saturated rings. The summed E-state index contributed by atoms with van der Waals surface area (Å²) in [6.45, 7) is 3.79. The predicted octanol–water partition coefficient (Wildman–Crippen LogP) is 5.84. The molecule has 0 bridgehead atoms. The van der Waals surface area contributed by atoms with Gasteiger partial charge in [0.2, 0.25) is 5.91 Å². The van der Waals surface area contributed by atoms with Crippen molar-refractivity contribution in [1.29, 1.82) is 0 Å². The Hall–Kier alpha value is -3.26. The molecule has 5 nitrogen and oxygen atoms in total. The van der Waals surface area contributed by atoms with Gasteiger partial charge in [-0.05, 0) is 41.8 Å². The van der Waals surface area contributed by atoms with Gasteiger partial charge in [0, 0.05) is 40.9 Å². The van der Waals surface area contributed by atoms with E-state index in [0.717, 1.165) is 28.3 Å². The van der Waals surface area contributed by atoms with Crippen LogP contribution >= 0.6 is 11.8 Å². The van der Waals surface area contributed by atoms with Crippen molar-refractivity contribution in [2.45, 2.75) is 30.5 Å². The number of amides is 1. The average molecular weight is 453 g/mol. The Morgan fingerprint density at radius 3 is 2.56 bits per heavy atom. The maximum Gasteiger partial charge on any atom is 0.247 e. The standard InChI is InChI=1S/C24H22F2N4OS/c1-15(2)23(30-14-28-21-10-19(25)20(26)11-22(21)30)24(31)29-17-5-7-18(8-6-17)32-13-16-4-3-9-27-12-16/h3-12,14-15,23H,13H2,1-2H3,(H,29,31). The third kappa shape index (κ3) is 4.80. The number of rotatable bonds is 7. The zero-order valence-electron chi connectivity index (χ0n) is 17.6. The Bertz CT molecular complexity index is 1230. The largest absolute Gasteiger partial charge is 0.324 e. The first-order valence-electron chi connectivity index (χ1n) is 10.2. The molecule has 1 atom stereocenters. The van der Waals surface area contributed by atoms with Crippen molar-refractivity contribution in [3.8, 4) is 0 Å². The van der Waals surface area contributed by atoms with Crippen LogP contribution < -0.4 is 5.32 Å². The summed E-state index contributed by atoms with van der Waals surface area (Å²) in [5.74, 6) is -1.48. The van der Waals surface area contributed by atoms with Crippen LogP contribution in [0.2, 0.25) is 0 Å². The molecule has 0 aliphatic heterocycles. The summed E-state index contributed by atoms with van der Waals surface area (Å²) in [6, 6.07) is 13.0. The van der Waals surface area contributed by atoms with E-state index in [2.05, 4.69) is 15.3 Å². The van der Waals surface area contributed by atoms with Crippen LogP contribution in [0.5, 0.6) is 0 Å². The van der Waals surface area contributed by atoms with Crippen LogP contribution in [0.15, 0.2) is 72.1 Å². The first-order valence-corrected chi connectivity index (χ1v) is 11.1. The van der Waals surface area contributed by atoms with Gasteiger partial charge in [0.1, 0.15) is 6.04 Å². The summed E-state index contributed by atoms with van der Waals surface area (Å²) >= 11 is 1.68. The fourth-order valence-corrected chi connectivity index (χ4v) is 4.33. The van der Waals surface area contributed by atoms with Gasteiger partial charge in [0.05, 0.1) is 17.4 Å². The molecule has 4 aromatic rings. The molecule has 1 amide bonds. The molecule has 2 aromatic heterocycles. The molecule has 2 aromatic carbocycles. The number of fused-ring (bicyclic) bond motifs is 1. The highest BCUT2D eigenvalue weighted by molar-refractivity contribution is 7.98. The van der Waals surface area contributed by atoms with E-state index in [1.54, 1.807) is 22.5 Å². The average Bonchev–Trinajstić information content (AvgIpc) is 3.16. The first kappa shape index (κ1) is 22.0. The summed E-state index contributed by atoms with van der Waals surface area (Å²) < 4.78 is 28.9. The zero-order valence-corrected chi connectivity index (χ0v) is 18.4. The molecule has 164 valence electrons. The Balaban J connectivity index is 1.48. The molecule has 32 heavy (non-hydrogen) atoms. The minimum Gasteiger partial charge on any atom is -0.324 e. The second-order valence-electron chi connectivity index (χ2n) is 7.76. The maximum absolute atomic E-state index is 13.8. The lowest BCUT2D eigenvalue weighted by Gasteiger charge is -2.22. The molecule has 0 spiro atoms. The van der Waals surface area contributed by atoms with Crippen molar-refractivity contribution in [3.63, 3.8) is 0 Å². The van der Waals surface area contributed by atoms with Crippen molar-refractivity contribution >= 4 is 34.4 Å². The summed E-state index contributed by atoms with van der Waals surface area (Å²) in [7, 11) is 0. The van der Waals surface area contributed by atoms with E-state index in [0.29, 0.717) is 16.7 Å². The van der Waals surface area contributed by atoms with Crippen LogP contribution in [0.3, 0.4) is 0 Å². The van der Waals surface area contributed by atoms with Crippen LogP contribution in [0.1, 0.15) is 25.5 Å². The van der Waals surface area contributed by atoms with E-state index in [1.807, 2.05) is 56.4 Å². The lowest BCUT2D eigenvalue weighted by molar-refractivity contribution is -0.120. The van der Waals surface area contributed by atoms with Crippen molar-refractivity contribution in [2.24, 2.45) is 5.92 Å². The highest BCUT2D eigenvalue weighted by Crippen LogP contribution is 2.28. The molecule has 0 saturated heterocycles. The highest BCUT2D eigenvalue weighted by atomic mass is 32.2. The molecule has 0 aliphatic rings. The molecule has 1 N–H and O–H groups in total. The van der Waals surface area contributed by atoms with Crippen molar-refractivity contribution in [3.05, 3.63) is 84.4 Å². The van der Waals surface area contributed by atoms with E-state index in [9.17, 15) is 13.6 Å². The molecule has 8 heteroatoms. The number of aromatic nitrogens is 3. The second-order valence-corrected chi connectivity index (χ2v) is 8.81. The number of thioether (sulfide) groups is 1. The normalized spacial score (nSPS) is 12.3. The minimum absolute atomic E-state index is 0.102. The highest BCUT2D eigenvalue weighted by Gasteiger charge is 2.26. The number of nitrogens with one attached hydrogen (secondary N) is 1. The fraction of sp³-hybridized carbons (Fsp3) is 0.208. The van der Waals surface area contributed by atoms with Crippen LogP contribution in [0, 0.1) is 17.6 Å². The third-order valence-electron chi connectivity index (χ3n) is 5.07. The number of benzene rings is 2. The summed E-state index contributed by atoms with van der Waals surface area (Å²) in [6.07, 6.45) is 5.04. The summed E-state index contributed by atoms with van der Waals surface area (Å²) in [4.78, 5) is 22.4. The quantitative estimate of drug-likeness (QED) is 0.358. The number of carbonyl (C=O) groups is 1. The van der Waals surface area contributed by atoms with Gasteiger partial charge in [-0.2, -0.15) is 0 Å². The van der Waals surface area contributed by atoms with E-state index >= 15 is 0 Å². The topological polar surface area (TPSA) is 59.8 Å². The van der Waals surface area contributed by atoms with Crippen LogP contribution in [-0.4, -0.2) is 20.4 Å². The van der Waals surface area contributed by atoms with Crippen molar-refractivity contribution in [1.82, 2.24) is 14.5 Å². The minimum atomic E-state index is -0.971. The Morgan fingerprint density at radius 1 is 1.12 bits per heavy atom. The number of halogens is 2. The van der Waals surface area contributed by atoms with Gasteiger partial charge in [0.15, 0.2) is 11.6 Å². The van der Waals surface area contributed by atoms with E-state index in [1.165, 1.54) is 6.33 Å². The van der Waals surface area contributed by atoms with Crippen LogP contribution in [0.25, 0.3) is 11.0 Å². The Morgan fingerprint density at radius 2 is 1.88 bits per heavy atom. The van der Waals surface area contributed by atoms with Gasteiger partial charge < -0.3 is 9.88 Å². The van der Waals surface area contributed by atoms with Gasteiger partial charge in [-0.15, -0.1) is 11.8 Å². The van der Waals surface area contributed by atoms with Crippen LogP contribution in [-0.2, 0) is 10.5 Å². The lowest BCUT2D eigenvalue weighted by atomic mass is 10.0. The van der Waals surface area contributed by atoms with Gasteiger partial charge in [-0.1, -0.05) is 19.9 Å². The smallest absolute Gasteiger partial charge is 0.247 e. The molecule has 0 radical (unpaired) electrons. The first-order chi connectivity index (χ1) is 15.4. The number of pyridine rings is 1. The van der Waals surface area contributed by atoms with Gasteiger partial charge in [-0.25, -0.2) is 13.8 Å². The number of imidazole rings is 1. The van der Waals surface area contributed by atoms with E-state index in [-0.39, 0.29) is 11.8 Å². The van der Waals surface area contributed by atoms with Gasteiger partial charge in [-0.3, -0.25) is 9.78 Å². The van der Waals surface area contributed by atoms with Gasteiger partial charge in [0.25, 0.3) is 0 Å². The number of nitrogens with zero attached hydrogens (tertiary/aromatic N) is 3. The summed E-state index contributed by atoms with van der Waals surface area (Å²) in [5.41, 5.74) is 2.48. The van der Waals surface area contributed by atoms with E-state index < -0.39 is 17.7 Å². The van der Waals surface area contributed by atoms with Crippen molar-refractivity contribution < 1.29 is 13.6 Å². The number of hydrogen-bond donors (Lipinski definition) is 1. The fourth-order valence-electron chi connectivity index (χ4n) is 3.50. The molecule has 0 aliphatic carbocycles. The number of hydrogen-bond acceptors (Lipinski definition) is 4.